The summed E-state index contributed by atoms with van der Waals surface area (Å²) in [7, 11) is 1.62. The van der Waals surface area contributed by atoms with Crippen LogP contribution in [0, 0.1) is 0 Å². The van der Waals surface area contributed by atoms with Gasteiger partial charge in [0.15, 0.2) is 10.3 Å². The molecule has 0 fully saturated rings. The van der Waals surface area contributed by atoms with Gasteiger partial charge in [0.2, 0.25) is 0 Å². The lowest BCUT2D eigenvalue weighted by molar-refractivity contribution is 0.102. The van der Waals surface area contributed by atoms with Crippen LogP contribution in [-0.2, 0) is 0 Å². The number of thiazole rings is 1. The largest absolute Gasteiger partial charge is 0.497 e. The fourth-order valence-electron chi connectivity index (χ4n) is 2.71. The molecule has 2 heterocycles. The normalized spacial score (nSPS) is 10.9. The van der Waals surface area contributed by atoms with E-state index in [9.17, 15) is 4.79 Å². The van der Waals surface area contributed by atoms with Crippen LogP contribution < -0.4 is 10.1 Å². The molecule has 136 valence electrons. The van der Waals surface area contributed by atoms with Gasteiger partial charge in [0.1, 0.15) is 11.4 Å². The molecule has 4 rings (SSSR count). The summed E-state index contributed by atoms with van der Waals surface area (Å²) in [6.07, 6.45) is 3.52. The molecule has 0 atom stereocenters. The molecule has 0 aliphatic carbocycles. The minimum atomic E-state index is -0.252. The predicted octanol–water partition coefficient (Wildman–Crippen LogP) is 4.46. The first-order valence-electron chi connectivity index (χ1n) is 8.12. The number of imidazole rings is 1. The smallest absolute Gasteiger partial charge is 0.276 e. The first kappa shape index (κ1) is 17.6. The number of nitrogens with one attached hydrogen (secondary N) is 1. The SMILES string of the molecule is COc1ccc2nc(NC(=O)c3cnc(SC)n3-c3ccccc3)sc2c1. The third-order valence-corrected chi connectivity index (χ3v) is 5.56. The number of rotatable bonds is 5. The number of carbonyl (C=O) groups excluding carboxylic acids is 1. The summed E-state index contributed by atoms with van der Waals surface area (Å²) in [5.74, 6) is 0.508. The minimum absolute atomic E-state index is 0.252. The highest BCUT2D eigenvalue weighted by Crippen LogP contribution is 2.30. The van der Waals surface area contributed by atoms with Crippen molar-refractivity contribution in [3.05, 3.63) is 60.4 Å². The van der Waals surface area contributed by atoms with Crippen molar-refractivity contribution >= 4 is 44.4 Å². The molecule has 1 amide bonds. The third-order valence-electron chi connectivity index (χ3n) is 3.98. The van der Waals surface area contributed by atoms with Gasteiger partial charge in [0.05, 0.1) is 23.5 Å². The fourth-order valence-corrected chi connectivity index (χ4v) is 4.15. The number of methoxy groups -OCH3 is 1. The second-order valence-corrected chi connectivity index (χ2v) is 7.41. The molecule has 0 bridgehead atoms. The van der Waals surface area contributed by atoms with E-state index in [1.54, 1.807) is 13.3 Å². The number of aromatic nitrogens is 3. The van der Waals surface area contributed by atoms with Gasteiger partial charge in [-0.05, 0) is 36.6 Å². The van der Waals surface area contributed by atoms with E-state index in [1.807, 2.05) is 59.4 Å². The van der Waals surface area contributed by atoms with Crippen LogP contribution in [0.2, 0.25) is 0 Å². The van der Waals surface area contributed by atoms with E-state index in [2.05, 4.69) is 15.3 Å². The summed E-state index contributed by atoms with van der Waals surface area (Å²) in [5.41, 5.74) is 2.17. The average Bonchev–Trinajstić information content (AvgIpc) is 3.31. The molecule has 1 N–H and O–H groups in total. The van der Waals surface area contributed by atoms with Crippen LogP contribution >= 0.6 is 23.1 Å². The Bertz CT molecular complexity index is 1110. The van der Waals surface area contributed by atoms with Crippen molar-refractivity contribution in [2.75, 3.05) is 18.7 Å². The standard InChI is InChI=1S/C19H16N4O2S2/c1-25-13-8-9-14-16(10-13)27-18(21-14)22-17(24)15-11-20-19(26-2)23(15)12-6-4-3-5-7-12/h3-11H,1-2H3,(H,21,22,24). The number of amides is 1. The van der Waals surface area contributed by atoms with Gasteiger partial charge in [0.25, 0.3) is 5.91 Å². The Morgan fingerprint density at radius 2 is 2.04 bits per heavy atom. The van der Waals surface area contributed by atoms with E-state index in [-0.39, 0.29) is 5.91 Å². The van der Waals surface area contributed by atoms with E-state index in [4.69, 9.17) is 4.74 Å². The Morgan fingerprint density at radius 1 is 1.22 bits per heavy atom. The molecule has 27 heavy (non-hydrogen) atoms. The first-order valence-corrected chi connectivity index (χ1v) is 10.2. The van der Waals surface area contributed by atoms with E-state index < -0.39 is 0 Å². The van der Waals surface area contributed by atoms with Crippen molar-refractivity contribution in [1.29, 1.82) is 0 Å². The zero-order chi connectivity index (χ0) is 18.8. The summed E-state index contributed by atoms with van der Waals surface area (Å²) >= 11 is 2.89. The number of fused-ring (bicyclic) bond motifs is 1. The molecule has 0 aliphatic heterocycles. The van der Waals surface area contributed by atoms with Crippen molar-refractivity contribution in [2.45, 2.75) is 5.16 Å². The Balaban J connectivity index is 1.67. The highest BCUT2D eigenvalue weighted by Gasteiger charge is 2.19. The second kappa shape index (κ2) is 7.42. The summed E-state index contributed by atoms with van der Waals surface area (Å²) in [5, 5.41) is 4.18. The van der Waals surface area contributed by atoms with Crippen LogP contribution in [0.4, 0.5) is 5.13 Å². The predicted molar refractivity (Wildman–Crippen MR) is 109 cm³/mol. The Hall–Kier alpha value is -2.84. The molecule has 8 heteroatoms. The topological polar surface area (TPSA) is 69.0 Å². The number of carbonyl (C=O) groups is 1. The van der Waals surface area contributed by atoms with Gasteiger partial charge < -0.3 is 4.74 Å². The summed E-state index contributed by atoms with van der Waals surface area (Å²) in [4.78, 5) is 21.7. The maximum absolute atomic E-state index is 12.9. The highest BCUT2D eigenvalue weighted by atomic mass is 32.2. The van der Waals surface area contributed by atoms with Gasteiger partial charge in [-0.3, -0.25) is 14.7 Å². The number of hydrogen-bond acceptors (Lipinski definition) is 6. The molecule has 0 spiro atoms. The molecule has 2 aromatic heterocycles. The molecule has 0 radical (unpaired) electrons. The van der Waals surface area contributed by atoms with Crippen LogP contribution in [0.3, 0.4) is 0 Å². The molecule has 0 aliphatic rings. The van der Waals surface area contributed by atoms with Crippen LogP contribution in [0.25, 0.3) is 15.9 Å². The number of ether oxygens (including phenoxy) is 1. The maximum Gasteiger partial charge on any atom is 0.276 e. The van der Waals surface area contributed by atoms with Crippen molar-refractivity contribution in [2.24, 2.45) is 0 Å². The van der Waals surface area contributed by atoms with Crippen molar-refractivity contribution < 1.29 is 9.53 Å². The summed E-state index contributed by atoms with van der Waals surface area (Å²) in [6.45, 7) is 0. The highest BCUT2D eigenvalue weighted by molar-refractivity contribution is 7.98. The lowest BCUT2D eigenvalue weighted by atomic mass is 10.3. The van der Waals surface area contributed by atoms with Crippen molar-refractivity contribution in [3.63, 3.8) is 0 Å². The molecular formula is C19H16N4O2S2. The number of hydrogen-bond donors (Lipinski definition) is 1. The van der Waals surface area contributed by atoms with Gasteiger partial charge >= 0.3 is 0 Å². The number of para-hydroxylation sites is 1. The van der Waals surface area contributed by atoms with Crippen molar-refractivity contribution in [3.8, 4) is 11.4 Å². The number of nitrogens with zero attached hydrogens (tertiary/aromatic N) is 3. The van der Waals surface area contributed by atoms with Crippen molar-refractivity contribution in [1.82, 2.24) is 14.5 Å². The molecule has 4 aromatic rings. The Morgan fingerprint density at radius 3 is 2.78 bits per heavy atom. The maximum atomic E-state index is 12.9. The van der Waals surface area contributed by atoms with E-state index >= 15 is 0 Å². The van der Waals surface area contributed by atoms with Crippen LogP contribution in [-0.4, -0.2) is 33.8 Å². The molecule has 0 unspecified atom stereocenters. The molecule has 2 aromatic carbocycles. The lowest BCUT2D eigenvalue weighted by Gasteiger charge is -2.10. The lowest BCUT2D eigenvalue weighted by Crippen LogP contribution is -2.16. The number of benzene rings is 2. The molecule has 0 saturated heterocycles. The van der Waals surface area contributed by atoms with E-state index in [0.717, 1.165) is 26.8 Å². The molecule has 0 saturated carbocycles. The first-order chi connectivity index (χ1) is 13.2. The molecular weight excluding hydrogens is 380 g/mol. The van der Waals surface area contributed by atoms with Gasteiger partial charge in [-0.1, -0.05) is 41.3 Å². The van der Waals surface area contributed by atoms with Gasteiger partial charge in [-0.15, -0.1) is 0 Å². The van der Waals surface area contributed by atoms with E-state index in [1.165, 1.54) is 23.1 Å². The van der Waals surface area contributed by atoms with Gasteiger partial charge in [-0.2, -0.15) is 0 Å². The number of thioether (sulfide) groups is 1. The van der Waals surface area contributed by atoms with Crippen LogP contribution in [0.5, 0.6) is 5.75 Å². The Kier molecular flexibility index (Phi) is 4.83. The second-order valence-electron chi connectivity index (χ2n) is 5.61. The van der Waals surface area contributed by atoms with Gasteiger partial charge in [0, 0.05) is 5.69 Å². The quantitative estimate of drug-likeness (QED) is 0.504. The minimum Gasteiger partial charge on any atom is -0.497 e. The number of anilines is 1. The van der Waals surface area contributed by atoms with E-state index in [0.29, 0.717) is 10.8 Å². The average molecular weight is 396 g/mol. The van der Waals surface area contributed by atoms with Crippen LogP contribution in [0.15, 0.2) is 59.9 Å². The fraction of sp³-hybridized carbons (Fsp3) is 0.105. The Labute approximate surface area is 164 Å². The summed E-state index contributed by atoms with van der Waals surface area (Å²) < 4.78 is 8.03. The monoisotopic (exact) mass is 396 g/mol. The molecule has 6 nitrogen and oxygen atoms in total. The zero-order valence-electron chi connectivity index (χ0n) is 14.7. The summed E-state index contributed by atoms with van der Waals surface area (Å²) in [6, 6.07) is 15.3. The third kappa shape index (κ3) is 3.41. The zero-order valence-corrected chi connectivity index (χ0v) is 16.3. The van der Waals surface area contributed by atoms with Crippen LogP contribution in [0.1, 0.15) is 10.5 Å². The van der Waals surface area contributed by atoms with Gasteiger partial charge in [-0.25, -0.2) is 9.97 Å².